The van der Waals surface area contributed by atoms with E-state index in [9.17, 15) is 9.59 Å². The van der Waals surface area contributed by atoms with Gasteiger partial charge in [-0.2, -0.15) is 0 Å². The number of carbonyl (C=O) groups is 2. The van der Waals surface area contributed by atoms with Crippen LogP contribution in [0.5, 0.6) is 11.5 Å². The zero-order valence-corrected chi connectivity index (χ0v) is 16.4. The summed E-state index contributed by atoms with van der Waals surface area (Å²) in [5.41, 5.74) is 7.19. The van der Waals surface area contributed by atoms with E-state index in [1.807, 2.05) is 30.3 Å². The molecule has 0 spiro atoms. The molecule has 0 aliphatic carbocycles. The molecule has 3 aromatic carbocycles. The highest BCUT2D eigenvalue weighted by atomic mass is 35.5. The molecule has 0 saturated heterocycles. The average molecular weight is 410 g/mol. The van der Waals surface area contributed by atoms with Gasteiger partial charge in [0, 0.05) is 23.1 Å². The Morgan fingerprint density at radius 2 is 1.76 bits per heavy atom. The third-order valence-electron chi connectivity index (χ3n) is 4.22. The van der Waals surface area contributed by atoms with Gasteiger partial charge in [0.2, 0.25) is 5.91 Å². The largest absolute Gasteiger partial charge is 0.492 e. The Hall–Kier alpha value is -3.31. The smallest absolute Gasteiger partial charge is 0.248 e. The number of halogens is 1. The Morgan fingerprint density at radius 1 is 1.03 bits per heavy atom. The highest BCUT2D eigenvalue weighted by molar-refractivity contribution is 6.30. The van der Waals surface area contributed by atoms with Crippen molar-refractivity contribution in [3.8, 4) is 11.5 Å². The first-order chi connectivity index (χ1) is 14.0. The van der Waals surface area contributed by atoms with E-state index < -0.39 is 0 Å². The van der Waals surface area contributed by atoms with Crippen LogP contribution in [0.2, 0.25) is 5.02 Å². The summed E-state index contributed by atoms with van der Waals surface area (Å²) in [6.45, 7) is 0.885. The first kappa shape index (κ1) is 20.4. The SMILES string of the molecule is NC(=O)c1ccccc1.O=C1CCOc2cc(OCc3ccc(Cl)cc3)ccc21. The lowest BCUT2D eigenvalue weighted by atomic mass is 10.1. The number of Topliss-reactive ketones (excluding diaryl/α,β-unsaturated/α-hetero) is 1. The first-order valence-electron chi connectivity index (χ1n) is 9.05. The van der Waals surface area contributed by atoms with Gasteiger partial charge < -0.3 is 15.2 Å². The second kappa shape index (κ2) is 9.75. The molecule has 1 heterocycles. The molecule has 1 aliphatic rings. The second-order valence-corrected chi connectivity index (χ2v) is 6.76. The molecule has 0 bridgehead atoms. The number of fused-ring (bicyclic) bond motifs is 1. The van der Waals surface area contributed by atoms with Gasteiger partial charge in [-0.05, 0) is 42.0 Å². The second-order valence-electron chi connectivity index (χ2n) is 6.33. The first-order valence-corrected chi connectivity index (χ1v) is 9.43. The molecule has 29 heavy (non-hydrogen) atoms. The van der Waals surface area contributed by atoms with E-state index in [-0.39, 0.29) is 11.7 Å². The number of primary amides is 1. The molecular formula is C23H20ClNO4. The summed E-state index contributed by atoms with van der Waals surface area (Å²) in [5, 5.41) is 0.703. The number of benzene rings is 3. The minimum atomic E-state index is -0.379. The fourth-order valence-corrected chi connectivity index (χ4v) is 2.81. The predicted molar refractivity (Wildman–Crippen MR) is 112 cm³/mol. The van der Waals surface area contributed by atoms with Crippen LogP contribution in [-0.2, 0) is 6.61 Å². The summed E-state index contributed by atoms with van der Waals surface area (Å²) in [4.78, 5) is 22.1. The van der Waals surface area contributed by atoms with Crippen molar-refractivity contribution in [2.45, 2.75) is 13.0 Å². The number of amides is 1. The number of nitrogens with two attached hydrogens (primary N) is 1. The molecule has 0 radical (unpaired) electrons. The minimum Gasteiger partial charge on any atom is -0.492 e. The molecule has 148 valence electrons. The summed E-state index contributed by atoms with van der Waals surface area (Å²) >= 11 is 5.83. The van der Waals surface area contributed by atoms with Crippen LogP contribution in [0.4, 0.5) is 0 Å². The summed E-state index contributed by atoms with van der Waals surface area (Å²) in [6.07, 6.45) is 0.442. The quantitative estimate of drug-likeness (QED) is 0.679. The Balaban J connectivity index is 0.000000224. The molecule has 6 heteroatoms. The van der Waals surface area contributed by atoms with Gasteiger partial charge in [0.05, 0.1) is 12.2 Å². The lowest BCUT2D eigenvalue weighted by Crippen LogP contribution is -2.15. The molecule has 3 aromatic rings. The van der Waals surface area contributed by atoms with Crippen molar-refractivity contribution < 1.29 is 19.1 Å². The normalized spacial score (nSPS) is 12.1. The molecule has 2 N–H and O–H groups in total. The van der Waals surface area contributed by atoms with Gasteiger partial charge >= 0.3 is 0 Å². The average Bonchev–Trinajstić information content (AvgIpc) is 2.74. The maximum absolute atomic E-state index is 11.7. The van der Waals surface area contributed by atoms with Crippen LogP contribution in [0.1, 0.15) is 32.7 Å². The van der Waals surface area contributed by atoms with Gasteiger partial charge in [0.15, 0.2) is 5.78 Å². The van der Waals surface area contributed by atoms with E-state index in [0.29, 0.717) is 47.3 Å². The van der Waals surface area contributed by atoms with Crippen molar-refractivity contribution in [1.29, 1.82) is 0 Å². The summed E-state index contributed by atoms with van der Waals surface area (Å²) < 4.78 is 11.2. The van der Waals surface area contributed by atoms with Crippen LogP contribution >= 0.6 is 11.6 Å². The van der Waals surface area contributed by atoms with Gasteiger partial charge in [-0.15, -0.1) is 0 Å². The Morgan fingerprint density at radius 3 is 2.41 bits per heavy atom. The van der Waals surface area contributed by atoms with Crippen molar-refractivity contribution in [1.82, 2.24) is 0 Å². The fraction of sp³-hybridized carbons (Fsp3) is 0.130. The van der Waals surface area contributed by atoms with E-state index in [1.165, 1.54) is 0 Å². The maximum Gasteiger partial charge on any atom is 0.248 e. The van der Waals surface area contributed by atoms with Gasteiger partial charge in [0.1, 0.15) is 18.1 Å². The zero-order valence-electron chi connectivity index (χ0n) is 15.6. The van der Waals surface area contributed by atoms with E-state index in [2.05, 4.69) is 0 Å². The van der Waals surface area contributed by atoms with Crippen LogP contribution in [-0.4, -0.2) is 18.3 Å². The number of hydrogen-bond acceptors (Lipinski definition) is 4. The molecule has 0 fully saturated rings. The summed E-state index contributed by atoms with van der Waals surface area (Å²) in [7, 11) is 0. The van der Waals surface area contributed by atoms with Gasteiger partial charge in [-0.25, -0.2) is 0 Å². The van der Waals surface area contributed by atoms with Crippen molar-refractivity contribution >= 4 is 23.3 Å². The molecule has 5 nitrogen and oxygen atoms in total. The molecule has 0 aromatic heterocycles. The number of hydrogen-bond donors (Lipinski definition) is 1. The monoisotopic (exact) mass is 409 g/mol. The number of ketones is 1. The van der Waals surface area contributed by atoms with Crippen LogP contribution in [0, 0.1) is 0 Å². The Kier molecular flexibility index (Phi) is 6.87. The molecular weight excluding hydrogens is 390 g/mol. The van der Waals surface area contributed by atoms with Crippen molar-refractivity contribution in [2.24, 2.45) is 5.73 Å². The molecule has 0 unspecified atom stereocenters. The van der Waals surface area contributed by atoms with Gasteiger partial charge in [0.25, 0.3) is 0 Å². The van der Waals surface area contributed by atoms with E-state index in [1.54, 1.807) is 42.5 Å². The van der Waals surface area contributed by atoms with Gasteiger partial charge in [-0.3, -0.25) is 9.59 Å². The third kappa shape index (κ3) is 5.83. The van der Waals surface area contributed by atoms with E-state index in [0.717, 1.165) is 5.56 Å². The summed E-state index contributed by atoms with van der Waals surface area (Å²) in [5.74, 6) is 1.04. The molecule has 4 rings (SSSR count). The zero-order chi connectivity index (χ0) is 20.6. The van der Waals surface area contributed by atoms with E-state index >= 15 is 0 Å². The molecule has 0 saturated carbocycles. The fourth-order valence-electron chi connectivity index (χ4n) is 2.68. The molecule has 1 amide bonds. The lowest BCUT2D eigenvalue weighted by molar-refractivity contribution is 0.0932. The van der Waals surface area contributed by atoms with Crippen LogP contribution in [0.25, 0.3) is 0 Å². The van der Waals surface area contributed by atoms with E-state index in [4.69, 9.17) is 26.8 Å². The highest BCUT2D eigenvalue weighted by Gasteiger charge is 2.18. The number of carbonyl (C=O) groups excluding carboxylic acids is 2. The number of ether oxygens (including phenoxy) is 2. The minimum absolute atomic E-state index is 0.121. The third-order valence-corrected chi connectivity index (χ3v) is 4.47. The Labute approximate surface area is 174 Å². The van der Waals surface area contributed by atoms with Crippen LogP contribution in [0.3, 0.4) is 0 Å². The predicted octanol–water partition coefficient (Wildman–Crippen LogP) is 4.67. The van der Waals surface area contributed by atoms with Gasteiger partial charge in [-0.1, -0.05) is 41.9 Å². The molecule has 0 atom stereocenters. The Bertz CT molecular complexity index is 988. The maximum atomic E-state index is 11.7. The van der Waals surface area contributed by atoms with Crippen LogP contribution in [0.15, 0.2) is 72.8 Å². The van der Waals surface area contributed by atoms with Crippen molar-refractivity contribution in [3.63, 3.8) is 0 Å². The van der Waals surface area contributed by atoms with Crippen molar-refractivity contribution in [3.05, 3.63) is 94.5 Å². The molecule has 1 aliphatic heterocycles. The van der Waals surface area contributed by atoms with Crippen LogP contribution < -0.4 is 15.2 Å². The lowest BCUT2D eigenvalue weighted by Gasteiger charge is -2.17. The highest BCUT2D eigenvalue weighted by Crippen LogP contribution is 2.29. The van der Waals surface area contributed by atoms with Crippen molar-refractivity contribution in [2.75, 3.05) is 6.61 Å². The summed E-state index contributed by atoms with van der Waals surface area (Å²) in [6, 6.07) is 21.6. The standard InChI is InChI=1S/C16H13ClO3.C7H7NO/c17-12-3-1-11(2-4-12)10-20-13-5-6-14-15(18)7-8-19-16(14)9-13;8-7(9)6-4-2-1-3-5-6/h1-6,9H,7-8,10H2;1-5H,(H2,8,9). The number of rotatable bonds is 4. The topological polar surface area (TPSA) is 78.6 Å².